The van der Waals surface area contributed by atoms with Crippen molar-refractivity contribution in [2.75, 3.05) is 11.9 Å². The van der Waals surface area contributed by atoms with Crippen LogP contribution in [0.2, 0.25) is 0 Å². The molecule has 0 atom stereocenters. The lowest BCUT2D eigenvalue weighted by Crippen LogP contribution is -2.12. The number of carbonyl (C=O) groups is 1. The first-order chi connectivity index (χ1) is 15.6. The first-order valence-corrected chi connectivity index (χ1v) is 11.4. The van der Waals surface area contributed by atoms with Crippen molar-refractivity contribution < 1.29 is 13.9 Å². The molecule has 1 amide bonds. The maximum Gasteiger partial charge on any atom is 0.247 e. The average molecular weight is 449 g/mol. The Morgan fingerprint density at radius 2 is 1.81 bits per heavy atom. The highest BCUT2D eigenvalue weighted by Crippen LogP contribution is 2.27. The SMILES string of the molecule is CCCOc1ccc(-c2csc(NC(=O)CCc3nnc(-c4ccc(C)cc4)o3)n2)cc1. The van der Waals surface area contributed by atoms with Crippen molar-refractivity contribution in [2.24, 2.45) is 0 Å². The minimum absolute atomic E-state index is 0.149. The molecule has 32 heavy (non-hydrogen) atoms. The molecule has 0 fully saturated rings. The van der Waals surface area contributed by atoms with Gasteiger partial charge in [-0.25, -0.2) is 4.98 Å². The Kier molecular flexibility index (Phi) is 6.91. The average Bonchev–Trinajstić information content (AvgIpc) is 3.47. The number of thiazole rings is 1. The second-order valence-corrected chi connectivity index (χ2v) is 8.18. The van der Waals surface area contributed by atoms with E-state index in [-0.39, 0.29) is 12.3 Å². The largest absolute Gasteiger partial charge is 0.494 e. The molecular formula is C24H24N4O3S. The molecule has 164 valence electrons. The summed E-state index contributed by atoms with van der Waals surface area (Å²) in [4.78, 5) is 16.9. The zero-order valence-corrected chi connectivity index (χ0v) is 18.8. The first-order valence-electron chi connectivity index (χ1n) is 10.5. The number of aryl methyl sites for hydroxylation is 2. The molecule has 8 heteroatoms. The number of hydrogen-bond donors (Lipinski definition) is 1. The van der Waals surface area contributed by atoms with E-state index in [0.717, 1.165) is 34.6 Å². The van der Waals surface area contributed by atoms with Gasteiger partial charge in [0.2, 0.25) is 17.7 Å². The number of carbonyl (C=O) groups excluding carboxylic acids is 1. The third kappa shape index (κ3) is 5.59. The summed E-state index contributed by atoms with van der Waals surface area (Å²) in [6.07, 6.45) is 1.56. The van der Waals surface area contributed by atoms with E-state index in [4.69, 9.17) is 9.15 Å². The summed E-state index contributed by atoms with van der Waals surface area (Å²) in [5.41, 5.74) is 3.81. The number of amides is 1. The highest BCUT2D eigenvalue weighted by Gasteiger charge is 2.12. The van der Waals surface area contributed by atoms with Crippen molar-refractivity contribution in [1.82, 2.24) is 15.2 Å². The van der Waals surface area contributed by atoms with Crippen LogP contribution in [0, 0.1) is 6.92 Å². The maximum absolute atomic E-state index is 12.3. The van der Waals surface area contributed by atoms with Gasteiger partial charge >= 0.3 is 0 Å². The summed E-state index contributed by atoms with van der Waals surface area (Å²) >= 11 is 1.39. The normalized spacial score (nSPS) is 10.8. The fraction of sp³-hybridized carbons (Fsp3) is 0.250. The predicted molar refractivity (Wildman–Crippen MR) is 125 cm³/mol. The molecule has 2 heterocycles. The van der Waals surface area contributed by atoms with E-state index < -0.39 is 0 Å². The van der Waals surface area contributed by atoms with Crippen molar-refractivity contribution in [1.29, 1.82) is 0 Å². The van der Waals surface area contributed by atoms with Gasteiger partial charge in [0, 0.05) is 29.3 Å². The van der Waals surface area contributed by atoms with Crippen LogP contribution >= 0.6 is 11.3 Å². The highest BCUT2D eigenvalue weighted by molar-refractivity contribution is 7.14. The van der Waals surface area contributed by atoms with Crippen LogP contribution in [0.1, 0.15) is 31.2 Å². The number of nitrogens with zero attached hydrogens (tertiary/aromatic N) is 3. The third-order valence-corrected chi connectivity index (χ3v) is 5.46. The van der Waals surface area contributed by atoms with E-state index >= 15 is 0 Å². The molecule has 0 spiro atoms. The molecule has 2 aromatic heterocycles. The van der Waals surface area contributed by atoms with E-state index in [1.807, 2.05) is 60.8 Å². The van der Waals surface area contributed by atoms with Gasteiger partial charge in [-0.15, -0.1) is 21.5 Å². The number of benzene rings is 2. The third-order valence-electron chi connectivity index (χ3n) is 4.70. The maximum atomic E-state index is 12.3. The standard InChI is InChI=1S/C24H24N4O3S/c1-3-14-30-19-10-8-17(9-11-19)20-15-32-24(25-20)26-21(29)12-13-22-27-28-23(31-22)18-6-4-16(2)5-7-18/h4-11,15H,3,12-14H2,1-2H3,(H,25,26,29). The molecule has 4 rings (SSSR count). The lowest BCUT2D eigenvalue weighted by Gasteiger charge is -2.04. The molecule has 0 saturated carbocycles. The smallest absolute Gasteiger partial charge is 0.247 e. The van der Waals surface area contributed by atoms with Crippen molar-refractivity contribution in [3.63, 3.8) is 0 Å². The number of ether oxygens (including phenoxy) is 1. The first kappa shape index (κ1) is 21.7. The van der Waals surface area contributed by atoms with E-state index in [0.29, 0.717) is 29.9 Å². The summed E-state index contributed by atoms with van der Waals surface area (Å²) in [7, 11) is 0. The Hall–Kier alpha value is -3.52. The second kappa shape index (κ2) is 10.2. The fourth-order valence-electron chi connectivity index (χ4n) is 2.98. The summed E-state index contributed by atoms with van der Waals surface area (Å²) in [5, 5.41) is 13.4. The van der Waals surface area contributed by atoms with Gasteiger partial charge in [-0.3, -0.25) is 4.79 Å². The zero-order valence-electron chi connectivity index (χ0n) is 18.0. The molecule has 0 unspecified atom stereocenters. The summed E-state index contributed by atoms with van der Waals surface area (Å²) < 4.78 is 11.3. The van der Waals surface area contributed by atoms with Gasteiger partial charge < -0.3 is 14.5 Å². The van der Waals surface area contributed by atoms with Crippen LogP contribution in [0.5, 0.6) is 5.75 Å². The molecule has 1 N–H and O–H groups in total. The zero-order chi connectivity index (χ0) is 22.3. The molecule has 0 aliphatic heterocycles. The Labute approximate surface area is 190 Å². The Balaban J connectivity index is 1.29. The van der Waals surface area contributed by atoms with Crippen molar-refractivity contribution in [2.45, 2.75) is 33.1 Å². The van der Waals surface area contributed by atoms with Crippen LogP contribution in [0.4, 0.5) is 5.13 Å². The van der Waals surface area contributed by atoms with Crippen LogP contribution in [-0.4, -0.2) is 27.7 Å². The van der Waals surface area contributed by atoms with Gasteiger partial charge in [-0.1, -0.05) is 24.6 Å². The minimum Gasteiger partial charge on any atom is -0.494 e. The quantitative estimate of drug-likeness (QED) is 0.362. The highest BCUT2D eigenvalue weighted by atomic mass is 32.1. The number of nitrogens with one attached hydrogen (secondary N) is 1. The van der Waals surface area contributed by atoms with Crippen molar-refractivity contribution >= 4 is 22.4 Å². The number of anilines is 1. The fourth-order valence-corrected chi connectivity index (χ4v) is 3.71. The number of rotatable bonds is 9. The molecule has 2 aromatic carbocycles. The van der Waals surface area contributed by atoms with Crippen molar-refractivity contribution in [3.8, 4) is 28.5 Å². The molecule has 7 nitrogen and oxygen atoms in total. The second-order valence-electron chi connectivity index (χ2n) is 7.33. The molecule has 0 bridgehead atoms. The molecule has 4 aromatic rings. The number of aromatic nitrogens is 3. The Morgan fingerprint density at radius 1 is 1.06 bits per heavy atom. The van der Waals surface area contributed by atoms with Crippen LogP contribution < -0.4 is 10.1 Å². The van der Waals surface area contributed by atoms with Gasteiger partial charge in [0.25, 0.3) is 0 Å². The minimum atomic E-state index is -0.149. The van der Waals surface area contributed by atoms with Gasteiger partial charge in [-0.05, 0) is 49.7 Å². The van der Waals surface area contributed by atoms with Gasteiger partial charge in [0.15, 0.2) is 5.13 Å². The summed E-state index contributed by atoms with van der Waals surface area (Å²) in [5.74, 6) is 1.58. The Morgan fingerprint density at radius 3 is 2.56 bits per heavy atom. The van der Waals surface area contributed by atoms with Crippen LogP contribution in [0.15, 0.2) is 58.3 Å². The van der Waals surface area contributed by atoms with Crippen LogP contribution in [-0.2, 0) is 11.2 Å². The molecular weight excluding hydrogens is 424 g/mol. The van der Waals surface area contributed by atoms with Crippen molar-refractivity contribution in [3.05, 3.63) is 65.4 Å². The topological polar surface area (TPSA) is 90.1 Å². The number of hydrogen-bond acceptors (Lipinski definition) is 7. The monoisotopic (exact) mass is 448 g/mol. The summed E-state index contributed by atoms with van der Waals surface area (Å²) in [6.45, 7) is 4.79. The lowest BCUT2D eigenvalue weighted by molar-refractivity contribution is -0.116. The van der Waals surface area contributed by atoms with E-state index in [1.165, 1.54) is 11.3 Å². The lowest BCUT2D eigenvalue weighted by atomic mass is 10.1. The molecule has 0 aliphatic rings. The van der Waals surface area contributed by atoms with Crippen LogP contribution in [0.3, 0.4) is 0 Å². The Bertz CT molecular complexity index is 1170. The molecule has 0 saturated heterocycles. The van der Waals surface area contributed by atoms with Gasteiger partial charge in [0.1, 0.15) is 5.75 Å². The molecule has 0 aliphatic carbocycles. The molecule has 0 radical (unpaired) electrons. The van der Waals surface area contributed by atoms with Gasteiger partial charge in [0.05, 0.1) is 12.3 Å². The summed E-state index contributed by atoms with van der Waals surface area (Å²) in [6, 6.07) is 15.6. The van der Waals surface area contributed by atoms with Gasteiger partial charge in [-0.2, -0.15) is 0 Å². The van der Waals surface area contributed by atoms with E-state index in [1.54, 1.807) is 0 Å². The predicted octanol–water partition coefficient (Wildman–Crippen LogP) is 5.53. The van der Waals surface area contributed by atoms with Crippen LogP contribution in [0.25, 0.3) is 22.7 Å². The van der Waals surface area contributed by atoms with E-state index in [9.17, 15) is 4.79 Å². The van der Waals surface area contributed by atoms with E-state index in [2.05, 4.69) is 27.4 Å².